The highest BCUT2D eigenvalue weighted by atomic mass is 35.5. The Morgan fingerprint density at radius 1 is 1.19 bits per heavy atom. The molecule has 0 saturated carbocycles. The predicted molar refractivity (Wildman–Crippen MR) is 92.9 cm³/mol. The zero-order valence-electron chi connectivity index (χ0n) is 13.1. The Balaban J connectivity index is 1.90. The molecule has 11 heteroatoms. The average molecular weight is 402 g/mol. The molecule has 2 aromatic carbocycles. The Morgan fingerprint density at radius 2 is 1.85 bits per heavy atom. The molecule has 0 bridgehead atoms. The van der Waals surface area contributed by atoms with Crippen molar-refractivity contribution >= 4 is 38.9 Å². The maximum absolute atomic E-state index is 13.0. The van der Waals surface area contributed by atoms with E-state index < -0.39 is 26.7 Å². The van der Waals surface area contributed by atoms with E-state index in [1.165, 1.54) is 12.1 Å². The number of rotatable bonds is 7. The molecule has 8 nitrogen and oxygen atoms in total. The van der Waals surface area contributed by atoms with E-state index in [2.05, 4.69) is 10.0 Å². The van der Waals surface area contributed by atoms with Crippen molar-refractivity contribution in [1.29, 1.82) is 0 Å². The van der Waals surface area contributed by atoms with Crippen molar-refractivity contribution in [3.8, 4) is 0 Å². The normalized spacial score (nSPS) is 11.2. The van der Waals surface area contributed by atoms with Crippen LogP contribution in [0.3, 0.4) is 0 Å². The largest absolute Gasteiger partial charge is 0.326 e. The minimum absolute atomic E-state index is 0.151. The molecule has 0 spiro atoms. The van der Waals surface area contributed by atoms with Gasteiger partial charge in [0.05, 0.1) is 14.8 Å². The molecular formula is C15H13ClFN3O5S. The minimum Gasteiger partial charge on any atom is -0.326 e. The summed E-state index contributed by atoms with van der Waals surface area (Å²) in [5, 5.41) is 12.9. The second-order valence-corrected chi connectivity index (χ2v) is 7.25. The van der Waals surface area contributed by atoms with Crippen LogP contribution in [0.5, 0.6) is 0 Å². The summed E-state index contributed by atoms with van der Waals surface area (Å²) in [6.45, 7) is -0.194. The van der Waals surface area contributed by atoms with Crippen LogP contribution >= 0.6 is 11.6 Å². The molecule has 0 fully saturated rings. The first-order valence-electron chi connectivity index (χ1n) is 7.18. The Hall–Kier alpha value is -2.56. The fraction of sp³-hybridized carbons (Fsp3) is 0.133. The van der Waals surface area contributed by atoms with Crippen LogP contribution in [0.1, 0.15) is 6.42 Å². The van der Waals surface area contributed by atoms with Crippen LogP contribution in [0.15, 0.2) is 47.4 Å². The number of anilines is 1. The Morgan fingerprint density at radius 3 is 2.42 bits per heavy atom. The summed E-state index contributed by atoms with van der Waals surface area (Å²) in [5.41, 5.74) is 0.0425. The van der Waals surface area contributed by atoms with Gasteiger partial charge in [-0.2, -0.15) is 0 Å². The lowest BCUT2D eigenvalue weighted by Crippen LogP contribution is -2.27. The SMILES string of the molecule is O=C(CCNS(=O)(=O)c1ccc([N+](=O)[O-])cc1)Nc1ccc(F)c(Cl)c1. The van der Waals surface area contributed by atoms with Crippen LogP contribution in [0.25, 0.3) is 0 Å². The number of carbonyl (C=O) groups excluding carboxylic acids is 1. The van der Waals surface area contributed by atoms with Gasteiger partial charge < -0.3 is 5.32 Å². The number of amides is 1. The summed E-state index contributed by atoms with van der Waals surface area (Å²) in [6.07, 6.45) is -0.179. The summed E-state index contributed by atoms with van der Waals surface area (Å²) in [7, 11) is -3.91. The first kappa shape index (κ1) is 19.8. The number of non-ortho nitro benzene ring substituents is 1. The number of hydrogen-bond acceptors (Lipinski definition) is 5. The summed E-state index contributed by atoms with van der Waals surface area (Å²) in [4.78, 5) is 21.6. The second kappa shape index (κ2) is 8.21. The van der Waals surface area contributed by atoms with E-state index in [0.29, 0.717) is 0 Å². The van der Waals surface area contributed by atoms with Gasteiger partial charge in [0.25, 0.3) is 5.69 Å². The third-order valence-electron chi connectivity index (χ3n) is 3.21. The van der Waals surface area contributed by atoms with Crippen molar-refractivity contribution in [2.45, 2.75) is 11.3 Å². The number of halogens is 2. The third kappa shape index (κ3) is 5.22. The number of nitro groups is 1. The molecule has 0 aliphatic heterocycles. The molecule has 0 heterocycles. The number of nitrogens with zero attached hydrogens (tertiary/aromatic N) is 1. The van der Waals surface area contributed by atoms with Gasteiger partial charge in [0, 0.05) is 30.8 Å². The van der Waals surface area contributed by atoms with E-state index in [-0.39, 0.29) is 34.3 Å². The topological polar surface area (TPSA) is 118 Å². The number of nitro benzene ring substituents is 1. The minimum atomic E-state index is -3.91. The molecule has 2 aromatic rings. The van der Waals surface area contributed by atoms with Gasteiger partial charge in [-0.25, -0.2) is 17.5 Å². The number of benzene rings is 2. The van der Waals surface area contributed by atoms with Crippen molar-refractivity contribution in [3.05, 3.63) is 63.4 Å². The maximum atomic E-state index is 13.0. The van der Waals surface area contributed by atoms with Crippen LogP contribution < -0.4 is 10.0 Å². The molecule has 0 aromatic heterocycles. The van der Waals surface area contributed by atoms with Crippen molar-refractivity contribution in [2.24, 2.45) is 0 Å². The van der Waals surface area contributed by atoms with Crippen molar-refractivity contribution < 1.29 is 22.5 Å². The molecule has 2 N–H and O–H groups in total. The van der Waals surface area contributed by atoms with E-state index in [9.17, 15) is 27.7 Å². The molecule has 0 aliphatic rings. The number of hydrogen-bond donors (Lipinski definition) is 2. The van der Waals surface area contributed by atoms with Crippen LogP contribution in [0.4, 0.5) is 15.8 Å². The average Bonchev–Trinajstić information content (AvgIpc) is 2.58. The monoisotopic (exact) mass is 401 g/mol. The molecule has 0 unspecified atom stereocenters. The fourth-order valence-electron chi connectivity index (χ4n) is 1.93. The highest BCUT2D eigenvalue weighted by molar-refractivity contribution is 7.89. The van der Waals surface area contributed by atoms with Crippen LogP contribution in [0.2, 0.25) is 5.02 Å². The maximum Gasteiger partial charge on any atom is 0.269 e. The highest BCUT2D eigenvalue weighted by Crippen LogP contribution is 2.19. The first-order chi connectivity index (χ1) is 12.2. The van der Waals surface area contributed by atoms with Gasteiger partial charge in [-0.3, -0.25) is 14.9 Å². The first-order valence-corrected chi connectivity index (χ1v) is 9.04. The van der Waals surface area contributed by atoms with Gasteiger partial charge in [0.15, 0.2) is 0 Å². The van der Waals surface area contributed by atoms with Gasteiger partial charge in [0.1, 0.15) is 5.82 Å². The molecule has 0 radical (unpaired) electrons. The smallest absolute Gasteiger partial charge is 0.269 e. The lowest BCUT2D eigenvalue weighted by Gasteiger charge is -2.08. The zero-order valence-corrected chi connectivity index (χ0v) is 14.7. The Bertz CT molecular complexity index is 935. The lowest BCUT2D eigenvalue weighted by molar-refractivity contribution is -0.384. The predicted octanol–water partition coefficient (Wildman–Crippen LogP) is 2.69. The van der Waals surface area contributed by atoms with Gasteiger partial charge in [-0.1, -0.05) is 11.6 Å². The molecule has 138 valence electrons. The summed E-state index contributed by atoms with van der Waals surface area (Å²) in [5.74, 6) is -1.13. The van der Waals surface area contributed by atoms with Gasteiger partial charge in [0.2, 0.25) is 15.9 Å². The standard InChI is InChI=1S/C15H13ClFN3O5S/c16-13-9-10(1-6-14(13)17)19-15(21)7-8-18-26(24,25)12-4-2-11(3-5-12)20(22)23/h1-6,9,18H,7-8H2,(H,19,21). The van der Waals surface area contributed by atoms with E-state index in [1.54, 1.807) is 0 Å². The van der Waals surface area contributed by atoms with E-state index in [1.807, 2.05) is 0 Å². The van der Waals surface area contributed by atoms with Gasteiger partial charge >= 0.3 is 0 Å². The van der Waals surface area contributed by atoms with E-state index in [0.717, 1.165) is 30.3 Å². The Labute approximate surface area is 153 Å². The van der Waals surface area contributed by atoms with Crippen molar-refractivity contribution in [3.63, 3.8) is 0 Å². The summed E-state index contributed by atoms with van der Waals surface area (Å²) < 4.78 is 39.4. The molecular weight excluding hydrogens is 389 g/mol. The van der Waals surface area contributed by atoms with E-state index >= 15 is 0 Å². The summed E-state index contributed by atoms with van der Waals surface area (Å²) in [6, 6.07) is 7.98. The van der Waals surface area contributed by atoms with E-state index in [4.69, 9.17) is 11.6 Å². The van der Waals surface area contributed by atoms with Crippen LogP contribution in [-0.2, 0) is 14.8 Å². The lowest BCUT2D eigenvalue weighted by atomic mass is 10.3. The van der Waals surface area contributed by atoms with Gasteiger partial charge in [-0.15, -0.1) is 0 Å². The number of carbonyl (C=O) groups is 1. The third-order valence-corrected chi connectivity index (χ3v) is 4.97. The second-order valence-electron chi connectivity index (χ2n) is 5.08. The Kier molecular flexibility index (Phi) is 6.24. The summed E-state index contributed by atoms with van der Waals surface area (Å²) >= 11 is 5.60. The van der Waals surface area contributed by atoms with Crippen LogP contribution in [-0.4, -0.2) is 25.8 Å². The number of nitrogens with one attached hydrogen (secondary N) is 2. The fourth-order valence-corrected chi connectivity index (χ4v) is 3.14. The zero-order chi connectivity index (χ0) is 19.3. The molecule has 0 atom stereocenters. The molecule has 0 aliphatic carbocycles. The molecule has 1 amide bonds. The highest BCUT2D eigenvalue weighted by Gasteiger charge is 2.16. The van der Waals surface area contributed by atoms with Gasteiger partial charge in [-0.05, 0) is 30.3 Å². The molecule has 0 saturated heterocycles. The van der Waals surface area contributed by atoms with Crippen LogP contribution in [0, 0.1) is 15.9 Å². The molecule has 26 heavy (non-hydrogen) atoms. The number of sulfonamides is 1. The molecule has 2 rings (SSSR count). The quantitative estimate of drug-likeness (QED) is 0.546. The van der Waals surface area contributed by atoms with Crippen molar-refractivity contribution in [1.82, 2.24) is 4.72 Å². The van der Waals surface area contributed by atoms with Crippen molar-refractivity contribution in [2.75, 3.05) is 11.9 Å².